The van der Waals surface area contributed by atoms with Gasteiger partial charge in [0.2, 0.25) is 0 Å². The smallest absolute Gasteiger partial charge is 0.254 e. The molecule has 3 nitrogen and oxygen atoms in total. The monoisotopic (exact) mass is 420 g/mol. The van der Waals surface area contributed by atoms with Crippen LogP contribution in [0.25, 0.3) is 0 Å². The Kier molecular flexibility index (Phi) is 6.32. The number of nitrogens with zero attached hydrogens (tertiary/aromatic N) is 1. The number of nitrogens with one attached hydrogen (secondary N) is 1. The fraction of sp³-hybridized carbons (Fsp3) is 0.562. The molecule has 2 rings (SSSR count). The largest absolute Gasteiger partial charge is 0.338 e. The molecule has 116 valence electrons. The molecule has 21 heavy (non-hydrogen) atoms. The molecule has 0 aromatic heterocycles. The zero-order chi connectivity index (χ0) is 15.4. The van der Waals surface area contributed by atoms with E-state index >= 15 is 0 Å². The summed E-state index contributed by atoms with van der Waals surface area (Å²) in [5.41, 5.74) is 0.723. The van der Waals surface area contributed by atoms with Gasteiger partial charge in [-0.3, -0.25) is 4.79 Å². The summed E-state index contributed by atoms with van der Waals surface area (Å²) in [7, 11) is 0. The summed E-state index contributed by atoms with van der Waals surface area (Å²) < 4.78 is 0.962. The second-order valence-corrected chi connectivity index (χ2v) is 7.55. The molecule has 1 saturated heterocycles. The summed E-state index contributed by atoms with van der Waals surface area (Å²) in [5.74, 6) is 0.651. The van der Waals surface area contributed by atoms with Gasteiger partial charge in [-0.2, -0.15) is 0 Å². The SMILES string of the molecule is CC(C)NCC1CCCN(C(=O)c2cc(Cl)ccc2I)C1. The summed E-state index contributed by atoms with van der Waals surface area (Å²) in [5, 5.41) is 4.09. The maximum Gasteiger partial charge on any atom is 0.254 e. The minimum Gasteiger partial charge on any atom is -0.338 e. The van der Waals surface area contributed by atoms with E-state index in [9.17, 15) is 4.79 Å². The number of hydrogen-bond donors (Lipinski definition) is 1. The van der Waals surface area contributed by atoms with Gasteiger partial charge in [0.15, 0.2) is 0 Å². The first-order valence-electron chi connectivity index (χ1n) is 7.45. The number of carbonyl (C=O) groups excluding carboxylic acids is 1. The highest BCUT2D eigenvalue weighted by Crippen LogP contribution is 2.23. The average molecular weight is 421 g/mol. The van der Waals surface area contributed by atoms with Crippen molar-refractivity contribution in [3.8, 4) is 0 Å². The van der Waals surface area contributed by atoms with Crippen LogP contribution in [0, 0.1) is 9.49 Å². The van der Waals surface area contributed by atoms with Gasteiger partial charge in [-0.25, -0.2) is 0 Å². The van der Waals surface area contributed by atoms with Crippen molar-refractivity contribution in [3.05, 3.63) is 32.4 Å². The van der Waals surface area contributed by atoms with Crippen LogP contribution in [0.3, 0.4) is 0 Å². The van der Waals surface area contributed by atoms with Crippen LogP contribution in [0.15, 0.2) is 18.2 Å². The van der Waals surface area contributed by atoms with E-state index in [1.54, 1.807) is 6.07 Å². The van der Waals surface area contributed by atoms with Gasteiger partial charge >= 0.3 is 0 Å². The lowest BCUT2D eigenvalue weighted by Gasteiger charge is -2.33. The predicted octanol–water partition coefficient (Wildman–Crippen LogP) is 3.79. The molecule has 0 spiro atoms. The number of carbonyl (C=O) groups is 1. The molecule has 1 aromatic carbocycles. The van der Waals surface area contributed by atoms with E-state index in [-0.39, 0.29) is 5.91 Å². The average Bonchev–Trinajstić information content (AvgIpc) is 2.47. The molecule has 5 heteroatoms. The summed E-state index contributed by atoms with van der Waals surface area (Å²) in [6.07, 6.45) is 2.27. The molecule has 0 bridgehead atoms. The molecule has 1 unspecified atom stereocenters. The van der Waals surface area contributed by atoms with E-state index in [0.717, 1.165) is 35.2 Å². The van der Waals surface area contributed by atoms with E-state index in [2.05, 4.69) is 41.8 Å². The van der Waals surface area contributed by atoms with Crippen molar-refractivity contribution in [1.82, 2.24) is 10.2 Å². The highest BCUT2D eigenvalue weighted by molar-refractivity contribution is 14.1. The second kappa shape index (κ2) is 7.79. The molecule has 1 fully saturated rings. The molecular weight excluding hydrogens is 399 g/mol. The number of amides is 1. The fourth-order valence-corrected chi connectivity index (χ4v) is 3.39. The van der Waals surface area contributed by atoms with Crippen LogP contribution in [0.2, 0.25) is 5.02 Å². The number of likely N-dealkylation sites (tertiary alicyclic amines) is 1. The summed E-state index contributed by atoms with van der Waals surface area (Å²) in [6, 6.07) is 6.00. The van der Waals surface area contributed by atoms with Gasteiger partial charge in [0, 0.05) is 27.7 Å². The number of rotatable bonds is 4. The molecular formula is C16H22ClIN2O. The van der Waals surface area contributed by atoms with Gasteiger partial charge in [0.25, 0.3) is 5.91 Å². The van der Waals surface area contributed by atoms with Crippen molar-refractivity contribution in [1.29, 1.82) is 0 Å². The number of hydrogen-bond acceptors (Lipinski definition) is 2. The maximum absolute atomic E-state index is 12.7. The van der Waals surface area contributed by atoms with Gasteiger partial charge in [0.1, 0.15) is 0 Å². The van der Waals surface area contributed by atoms with Crippen molar-refractivity contribution in [2.75, 3.05) is 19.6 Å². The quantitative estimate of drug-likeness (QED) is 0.752. The van der Waals surface area contributed by atoms with Crippen LogP contribution < -0.4 is 5.32 Å². The first-order valence-corrected chi connectivity index (χ1v) is 8.90. The third-order valence-corrected chi connectivity index (χ3v) is 4.96. The minimum atomic E-state index is 0.108. The van der Waals surface area contributed by atoms with E-state index < -0.39 is 0 Å². The maximum atomic E-state index is 12.7. The fourth-order valence-electron chi connectivity index (χ4n) is 2.65. The zero-order valence-corrected chi connectivity index (χ0v) is 15.4. The van der Waals surface area contributed by atoms with Crippen molar-refractivity contribution in [3.63, 3.8) is 0 Å². The Balaban J connectivity index is 2.03. The summed E-state index contributed by atoms with van der Waals surface area (Å²) in [4.78, 5) is 14.7. The molecule has 1 N–H and O–H groups in total. The van der Waals surface area contributed by atoms with Crippen LogP contribution >= 0.6 is 34.2 Å². The molecule has 0 saturated carbocycles. The standard InChI is InChI=1S/C16H22ClIN2O/c1-11(2)19-9-12-4-3-7-20(10-12)16(21)14-8-13(17)5-6-15(14)18/h5-6,8,11-12,19H,3-4,7,9-10H2,1-2H3. The Morgan fingerprint density at radius 2 is 2.29 bits per heavy atom. The predicted molar refractivity (Wildman–Crippen MR) is 95.9 cm³/mol. The highest BCUT2D eigenvalue weighted by Gasteiger charge is 2.25. The van der Waals surface area contributed by atoms with E-state index in [1.807, 2.05) is 17.0 Å². The van der Waals surface area contributed by atoms with Gasteiger partial charge in [-0.15, -0.1) is 0 Å². The first kappa shape index (κ1) is 17.0. The Bertz CT molecular complexity index is 507. The van der Waals surface area contributed by atoms with Crippen LogP contribution in [0.4, 0.5) is 0 Å². The number of benzene rings is 1. The van der Waals surface area contributed by atoms with E-state index in [1.165, 1.54) is 6.42 Å². The molecule has 1 aromatic rings. The summed E-state index contributed by atoms with van der Waals surface area (Å²) in [6.45, 7) is 6.97. The number of halogens is 2. The lowest BCUT2D eigenvalue weighted by atomic mass is 9.97. The normalized spacial score (nSPS) is 19.1. The Hall–Kier alpha value is -0.330. The first-order chi connectivity index (χ1) is 9.97. The molecule has 0 aliphatic carbocycles. The Morgan fingerprint density at radius 3 is 3.00 bits per heavy atom. The zero-order valence-electron chi connectivity index (χ0n) is 12.5. The van der Waals surface area contributed by atoms with Gasteiger partial charge in [-0.05, 0) is 66.1 Å². The molecule has 1 aliphatic heterocycles. The van der Waals surface area contributed by atoms with E-state index in [4.69, 9.17) is 11.6 Å². The third kappa shape index (κ3) is 4.83. The van der Waals surface area contributed by atoms with Crippen LogP contribution in [-0.4, -0.2) is 36.5 Å². The van der Waals surface area contributed by atoms with Crippen molar-refractivity contribution in [2.45, 2.75) is 32.7 Å². The number of piperidine rings is 1. The van der Waals surface area contributed by atoms with Crippen LogP contribution in [-0.2, 0) is 0 Å². The van der Waals surface area contributed by atoms with Gasteiger partial charge in [-0.1, -0.05) is 25.4 Å². The highest BCUT2D eigenvalue weighted by atomic mass is 127. The molecule has 1 amide bonds. The summed E-state index contributed by atoms with van der Waals surface area (Å²) >= 11 is 8.23. The minimum absolute atomic E-state index is 0.108. The lowest BCUT2D eigenvalue weighted by molar-refractivity contribution is 0.0671. The van der Waals surface area contributed by atoms with Gasteiger partial charge in [0.05, 0.1) is 5.56 Å². The molecule has 1 atom stereocenters. The lowest BCUT2D eigenvalue weighted by Crippen LogP contribution is -2.44. The van der Waals surface area contributed by atoms with Crippen molar-refractivity contribution in [2.24, 2.45) is 5.92 Å². The van der Waals surface area contributed by atoms with Crippen molar-refractivity contribution < 1.29 is 4.79 Å². The third-order valence-electron chi connectivity index (χ3n) is 3.78. The Labute approximate surface area is 145 Å². The molecule has 0 radical (unpaired) electrons. The Morgan fingerprint density at radius 1 is 1.52 bits per heavy atom. The van der Waals surface area contributed by atoms with Gasteiger partial charge < -0.3 is 10.2 Å². The second-order valence-electron chi connectivity index (χ2n) is 5.95. The van der Waals surface area contributed by atoms with E-state index in [0.29, 0.717) is 17.0 Å². The molecule has 1 heterocycles. The molecule has 1 aliphatic rings. The van der Waals surface area contributed by atoms with Crippen LogP contribution in [0.5, 0.6) is 0 Å². The van der Waals surface area contributed by atoms with Crippen LogP contribution in [0.1, 0.15) is 37.0 Å². The topological polar surface area (TPSA) is 32.3 Å². The van der Waals surface area contributed by atoms with Crippen molar-refractivity contribution >= 4 is 40.1 Å².